The van der Waals surface area contributed by atoms with E-state index in [0.717, 1.165) is 12.1 Å². The number of carbonyl (C=O) groups is 3. The predicted octanol–water partition coefficient (Wildman–Crippen LogP) is 3.43. The first-order valence-electron chi connectivity index (χ1n) is 7.86. The van der Waals surface area contributed by atoms with E-state index in [0.29, 0.717) is 5.56 Å². The number of nitrogens with one attached hydrogen (secondary N) is 1. The van der Waals surface area contributed by atoms with E-state index in [1.807, 2.05) is 0 Å². The molecule has 1 amide bonds. The van der Waals surface area contributed by atoms with Gasteiger partial charge < -0.3 is 14.6 Å². The van der Waals surface area contributed by atoms with Crippen LogP contribution in [-0.4, -0.2) is 28.3 Å². The van der Waals surface area contributed by atoms with Gasteiger partial charge in [0, 0.05) is 18.8 Å². The average Bonchev–Trinajstić information content (AvgIpc) is 2.96. The van der Waals surface area contributed by atoms with Gasteiger partial charge in [-0.3, -0.25) is 9.59 Å². The van der Waals surface area contributed by atoms with Crippen molar-refractivity contribution in [2.45, 2.75) is 26.1 Å². The van der Waals surface area contributed by atoms with Crippen molar-refractivity contribution in [2.75, 3.05) is 5.32 Å². The monoisotopic (exact) mass is 382 g/mol. The lowest BCUT2D eigenvalue weighted by atomic mass is 10.1. The zero-order chi connectivity index (χ0) is 20.4. The van der Waals surface area contributed by atoms with E-state index in [1.54, 1.807) is 0 Å². The molecule has 1 atom stereocenters. The Balaban J connectivity index is 2.11. The minimum absolute atomic E-state index is 0.0375. The van der Waals surface area contributed by atoms with Crippen molar-refractivity contribution >= 4 is 23.3 Å². The number of nitrogens with zero attached hydrogens (tertiary/aromatic N) is 1. The molecule has 1 N–H and O–H groups in total. The maximum absolute atomic E-state index is 13.0. The lowest BCUT2D eigenvalue weighted by Gasteiger charge is -2.17. The molecule has 0 spiro atoms. The molecule has 0 radical (unpaired) electrons. The van der Waals surface area contributed by atoms with Crippen LogP contribution in [0.4, 0.5) is 18.9 Å². The highest BCUT2D eigenvalue weighted by Crippen LogP contribution is 2.34. The lowest BCUT2D eigenvalue weighted by Crippen LogP contribution is -2.31. The second kappa shape index (κ2) is 7.65. The normalized spacial score (nSPS) is 12.4. The third kappa shape index (κ3) is 4.75. The van der Waals surface area contributed by atoms with Crippen molar-refractivity contribution in [2.24, 2.45) is 7.05 Å². The third-order valence-electron chi connectivity index (χ3n) is 3.76. The summed E-state index contributed by atoms with van der Waals surface area (Å²) in [6.45, 7) is 2.57. The largest absolute Gasteiger partial charge is 0.448 e. The van der Waals surface area contributed by atoms with Crippen LogP contribution >= 0.6 is 0 Å². The maximum atomic E-state index is 13.0. The van der Waals surface area contributed by atoms with Crippen molar-refractivity contribution in [1.82, 2.24) is 4.57 Å². The minimum Gasteiger partial charge on any atom is -0.448 e. The summed E-state index contributed by atoms with van der Waals surface area (Å²) >= 11 is 0. The first kappa shape index (κ1) is 20.2. The highest BCUT2D eigenvalue weighted by molar-refractivity contribution is 5.99. The van der Waals surface area contributed by atoms with Gasteiger partial charge in [0.2, 0.25) is 0 Å². The molecule has 144 valence electrons. The van der Waals surface area contributed by atoms with Gasteiger partial charge >= 0.3 is 12.1 Å². The number of para-hydroxylation sites is 1. The molecular weight excluding hydrogens is 365 g/mol. The molecule has 0 saturated heterocycles. The van der Waals surface area contributed by atoms with Gasteiger partial charge in [-0.25, -0.2) is 4.79 Å². The zero-order valence-corrected chi connectivity index (χ0v) is 14.8. The number of aromatic nitrogens is 1. The number of ether oxygens (including phenoxy) is 1. The number of alkyl halides is 3. The summed E-state index contributed by atoms with van der Waals surface area (Å²) in [7, 11) is 1.52. The SMILES string of the molecule is CC(=O)c1cc(C(=O)O[C@@H](C)C(=O)Nc2ccccc2C(F)(F)F)n(C)c1. The number of amides is 1. The Bertz CT molecular complexity index is 887. The molecule has 2 rings (SSSR count). The van der Waals surface area contributed by atoms with Crippen LogP contribution < -0.4 is 5.32 Å². The number of anilines is 1. The second-order valence-electron chi connectivity index (χ2n) is 5.86. The fraction of sp³-hybridized carbons (Fsp3) is 0.278. The number of hydrogen-bond donors (Lipinski definition) is 1. The quantitative estimate of drug-likeness (QED) is 0.635. The number of aryl methyl sites for hydroxylation is 1. The van der Waals surface area contributed by atoms with Gasteiger partial charge in [-0.2, -0.15) is 13.2 Å². The summed E-state index contributed by atoms with van der Waals surface area (Å²) < 4.78 is 45.3. The van der Waals surface area contributed by atoms with Crippen molar-refractivity contribution in [1.29, 1.82) is 0 Å². The summed E-state index contributed by atoms with van der Waals surface area (Å²) in [5.41, 5.74) is -1.11. The number of esters is 1. The molecule has 0 saturated carbocycles. The Morgan fingerprint density at radius 3 is 2.37 bits per heavy atom. The molecule has 1 heterocycles. The molecule has 2 aromatic rings. The number of hydrogen-bond acceptors (Lipinski definition) is 4. The molecule has 0 unspecified atom stereocenters. The second-order valence-corrected chi connectivity index (χ2v) is 5.86. The van der Waals surface area contributed by atoms with Gasteiger partial charge in [0.15, 0.2) is 11.9 Å². The first-order chi connectivity index (χ1) is 12.5. The summed E-state index contributed by atoms with van der Waals surface area (Å²) in [4.78, 5) is 35.7. The zero-order valence-electron chi connectivity index (χ0n) is 14.8. The van der Waals surface area contributed by atoms with Crippen LogP contribution in [0.5, 0.6) is 0 Å². The van der Waals surface area contributed by atoms with Gasteiger partial charge in [-0.05, 0) is 32.0 Å². The molecule has 0 fully saturated rings. The van der Waals surface area contributed by atoms with Crippen molar-refractivity contribution in [3.63, 3.8) is 0 Å². The van der Waals surface area contributed by atoms with E-state index in [1.165, 1.54) is 49.9 Å². The Kier molecular flexibility index (Phi) is 5.72. The van der Waals surface area contributed by atoms with Crippen LogP contribution in [0.25, 0.3) is 0 Å². The Hall–Kier alpha value is -3.10. The Morgan fingerprint density at radius 2 is 1.81 bits per heavy atom. The number of rotatable bonds is 5. The van der Waals surface area contributed by atoms with Gasteiger partial charge in [-0.1, -0.05) is 12.1 Å². The molecule has 0 bridgehead atoms. The molecule has 0 aliphatic rings. The van der Waals surface area contributed by atoms with Gasteiger partial charge in [0.25, 0.3) is 5.91 Å². The molecule has 1 aromatic carbocycles. The number of halogens is 3. The molecule has 0 aliphatic carbocycles. The van der Waals surface area contributed by atoms with Crippen LogP contribution in [0, 0.1) is 0 Å². The predicted molar refractivity (Wildman–Crippen MR) is 90.4 cm³/mol. The molecule has 1 aromatic heterocycles. The van der Waals surface area contributed by atoms with E-state index < -0.39 is 35.4 Å². The fourth-order valence-electron chi connectivity index (χ4n) is 2.31. The fourth-order valence-corrected chi connectivity index (χ4v) is 2.31. The number of ketones is 1. The van der Waals surface area contributed by atoms with Crippen LogP contribution in [-0.2, 0) is 22.8 Å². The maximum Gasteiger partial charge on any atom is 0.418 e. The van der Waals surface area contributed by atoms with Crippen LogP contribution in [0.3, 0.4) is 0 Å². The molecule has 9 heteroatoms. The highest BCUT2D eigenvalue weighted by Gasteiger charge is 2.34. The van der Waals surface area contributed by atoms with E-state index in [9.17, 15) is 27.6 Å². The highest BCUT2D eigenvalue weighted by atomic mass is 19.4. The molecule has 6 nitrogen and oxygen atoms in total. The summed E-state index contributed by atoms with van der Waals surface area (Å²) in [5, 5.41) is 2.11. The number of Topliss-reactive ketones (excluding diaryl/α,β-unsaturated/α-hetero) is 1. The smallest absolute Gasteiger partial charge is 0.418 e. The number of carbonyl (C=O) groups excluding carboxylic acids is 3. The Morgan fingerprint density at radius 1 is 1.19 bits per heavy atom. The van der Waals surface area contributed by atoms with E-state index in [-0.39, 0.29) is 11.5 Å². The van der Waals surface area contributed by atoms with Crippen molar-refractivity contribution in [3.05, 3.63) is 53.3 Å². The standard InChI is InChI=1S/C18H17F3N2O4/c1-10(24)12-8-15(23(3)9-12)17(26)27-11(2)16(25)22-14-7-5-4-6-13(14)18(19,20)21/h4-9,11H,1-3H3,(H,22,25)/t11-/m0/s1. The van der Waals surface area contributed by atoms with E-state index >= 15 is 0 Å². The van der Waals surface area contributed by atoms with E-state index in [4.69, 9.17) is 4.74 Å². The topological polar surface area (TPSA) is 77.4 Å². The summed E-state index contributed by atoms with van der Waals surface area (Å²) in [5.74, 6) is -2.04. The third-order valence-corrected chi connectivity index (χ3v) is 3.76. The van der Waals surface area contributed by atoms with Crippen LogP contribution in [0.2, 0.25) is 0 Å². The summed E-state index contributed by atoms with van der Waals surface area (Å²) in [6.07, 6.45) is -4.56. The van der Waals surface area contributed by atoms with Crippen LogP contribution in [0.15, 0.2) is 36.5 Å². The van der Waals surface area contributed by atoms with Crippen LogP contribution in [0.1, 0.15) is 40.3 Å². The van der Waals surface area contributed by atoms with Gasteiger partial charge in [0.05, 0.1) is 11.3 Å². The van der Waals surface area contributed by atoms with E-state index in [2.05, 4.69) is 5.32 Å². The molecule has 0 aliphatic heterocycles. The molecule has 27 heavy (non-hydrogen) atoms. The van der Waals surface area contributed by atoms with Gasteiger partial charge in [-0.15, -0.1) is 0 Å². The molecular formula is C18H17F3N2O4. The first-order valence-corrected chi connectivity index (χ1v) is 7.86. The number of benzene rings is 1. The minimum atomic E-state index is -4.64. The van der Waals surface area contributed by atoms with Crippen molar-refractivity contribution < 1.29 is 32.3 Å². The Labute approximate surface area is 152 Å². The average molecular weight is 382 g/mol. The summed E-state index contributed by atoms with van der Waals surface area (Å²) in [6, 6.07) is 5.79. The van der Waals surface area contributed by atoms with Crippen molar-refractivity contribution in [3.8, 4) is 0 Å². The lowest BCUT2D eigenvalue weighted by molar-refractivity contribution is -0.137. The van der Waals surface area contributed by atoms with Gasteiger partial charge in [0.1, 0.15) is 5.69 Å².